The van der Waals surface area contributed by atoms with Crippen molar-refractivity contribution < 1.29 is 24.6 Å². The summed E-state index contributed by atoms with van der Waals surface area (Å²) in [6, 6.07) is -2.80. The molecule has 8 heteroatoms. The monoisotopic (exact) mass is 301 g/mol. The van der Waals surface area contributed by atoms with E-state index in [0.29, 0.717) is 19.4 Å². The van der Waals surface area contributed by atoms with Gasteiger partial charge in [-0.05, 0) is 18.8 Å². The van der Waals surface area contributed by atoms with Crippen molar-refractivity contribution in [3.8, 4) is 0 Å². The maximum atomic E-state index is 12.5. The van der Waals surface area contributed by atoms with Crippen molar-refractivity contribution in [2.45, 2.75) is 44.8 Å². The van der Waals surface area contributed by atoms with Gasteiger partial charge < -0.3 is 26.2 Å². The van der Waals surface area contributed by atoms with E-state index in [1.807, 2.05) is 0 Å². The number of aliphatic carboxylic acids is 1. The van der Waals surface area contributed by atoms with Crippen LogP contribution in [-0.2, 0) is 14.4 Å². The number of amides is 2. The van der Waals surface area contributed by atoms with Crippen LogP contribution in [0.3, 0.4) is 0 Å². The molecule has 1 rings (SSSR count). The van der Waals surface area contributed by atoms with Gasteiger partial charge in [0.2, 0.25) is 11.8 Å². The van der Waals surface area contributed by atoms with Crippen LogP contribution < -0.4 is 11.1 Å². The summed E-state index contributed by atoms with van der Waals surface area (Å²) in [5.74, 6) is -2.31. The lowest BCUT2D eigenvalue weighted by atomic mass is 10.0. The largest absolute Gasteiger partial charge is 0.480 e. The van der Waals surface area contributed by atoms with E-state index in [0.717, 1.165) is 0 Å². The van der Waals surface area contributed by atoms with E-state index in [1.165, 1.54) is 4.90 Å². The van der Waals surface area contributed by atoms with Gasteiger partial charge in [0, 0.05) is 6.54 Å². The highest BCUT2D eigenvalue weighted by Crippen LogP contribution is 2.20. The summed E-state index contributed by atoms with van der Waals surface area (Å²) in [5.41, 5.74) is 5.41. The van der Waals surface area contributed by atoms with E-state index in [-0.39, 0.29) is 5.92 Å². The van der Waals surface area contributed by atoms with Crippen molar-refractivity contribution in [1.29, 1.82) is 0 Å². The van der Waals surface area contributed by atoms with Gasteiger partial charge in [-0.2, -0.15) is 0 Å². The van der Waals surface area contributed by atoms with Crippen molar-refractivity contribution in [3.63, 3.8) is 0 Å². The first kappa shape index (κ1) is 17.4. The van der Waals surface area contributed by atoms with E-state index >= 15 is 0 Å². The third-order valence-electron chi connectivity index (χ3n) is 3.58. The number of nitrogens with zero attached hydrogens (tertiary/aromatic N) is 1. The number of aliphatic hydroxyl groups excluding tert-OH is 1. The minimum atomic E-state index is -1.10. The Hall–Kier alpha value is -1.67. The number of aliphatic hydroxyl groups is 1. The van der Waals surface area contributed by atoms with E-state index < -0.39 is 42.5 Å². The van der Waals surface area contributed by atoms with Crippen LogP contribution in [0.4, 0.5) is 0 Å². The average Bonchev–Trinajstić information content (AvgIpc) is 2.91. The van der Waals surface area contributed by atoms with E-state index in [4.69, 9.17) is 15.9 Å². The van der Waals surface area contributed by atoms with Gasteiger partial charge in [-0.25, -0.2) is 4.79 Å². The molecule has 0 aromatic rings. The van der Waals surface area contributed by atoms with Crippen molar-refractivity contribution in [2.24, 2.45) is 11.7 Å². The Morgan fingerprint density at radius 1 is 1.38 bits per heavy atom. The number of carbonyl (C=O) groups excluding carboxylic acids is 2. The highest BCUT2D eigenvalue weighted by molar-refractivity contribution is 5.92. The molecule has 1 heterocycles. The molecule has 8 nitrogen and oxygen atoms in total. The molecule has 0 bridgehead atoms. The zero-order valence-corrected chi connectivity index (χ0v) is 12.3. The number of likely N-dealkylation sites (tertiary alicyclic amines) is 1. The second-order valence-corrected chi connectivity index (χ2v) is 5.55. The molecule has 0 aromatic carbocycles. The number of nitrogens with one attached hydrogen (secondary N) is 1. The minimum Gasteiger partial charge on any atom is -0.480 e. The van der Waals surface area contributed by atoms with Gasteiger partial charge >= 0.3 is 5.97 Å². The molecule has 0 unspecified atom stereocenters. The van der Waals surface area contributed by atoms with Crippen LogP contribution in [-0.4, -0.2) is 64.2 Å². The fraction of sp³-hybridized carbons (Fsp3) is 0.769. The van der Waals surface area contributed by atoms with Crippen LogP contribution in [0.25, 0.3) is 0 Å². The quantitative estimate of drug-likeness (QED) is 0.473. The van der Waals surface area contributed by atoms with Crippen molar-refractivity contribution in [1.82, 2.24) is 10.2 Å². The van der Waals surface area contributed by atoms with Crippen LogP contribution in [0.5, 0.6) is 0 Å². The first-order valence-corrected chi connectivity index (χ1v) is 6.99. The highest BCUT2D eigenvalue weighted by atomic mass is 16.4. The molecule has 5 N–H and O–H groups in total. The molecule has 2 amide bonds. The predicted molar refractivity (Wildman–Crippen MR) is 74.2 cm³/mol. The van der Waals surface area contributed by atoms with Crippen LogP contribution in [0.1, 0.15) is 26.7 Å². The summed E-state index contributed by atoms with van der Waals surface area (Å²) in [5, 5.41) is 20.5. The van der Waals surface area contributed by atoms with Gasteiger partial charge in [0.1, 0.15) is 18.1 Å². The Morgan fingerprint density at radius 3 is 2.48 bits per heavy atom. The second-order valence-electron chi connectivity index (χ2n) is 5.55. The van der Waals surface area contributed by atoms with E-state index in [2.05, 4.69) is 5.32 Å². The van der Waals surface area contributed by atoms with Crippen molar-refractivity contribution in [3.05, 3.63) is 0 Å². The second kappa shape index (κ2) is 7.37. The van der Waals surface area contributed by atoms with Crippen molar-refractivity contribution >= 4 is 17.8 Å². The Bertz CT molecular complexity index is 413. The van der Waals surface area contributed by atoms with Crippen molar-refractivity contribution in [2.75, 3.05) is 13.2 Å². The van der Waals surface area contributed by atoms with Gasteiger partial charge in [0.05, 0.1) is 6.61 Å². The number of carboxylic acid groups (broad SMARTS) is 1. The average molecular weight is 301 g/mol. The lowest BCUT2D eigenvalue weighted by Gasteiger charge is -2.29. The number of nitrogens with two attached hydrogens (primary N) is 1. The zero-order valence-electron chi connectivity index (χ0n) is 12.3. The lowest BCUT2D eigenvalue weighted by Crippen LogP contribution is -2.56. The van der Waals surface area contributed by atoms with Crippen LogP contribution >= 0.6 is 0 Å². The first-order chi connectivity index (χ1) is 9.79. The minimum absolute atomic E-state index is 0.220. The van der Waals surface area contributed by atoms with Gasteiger partial charge in [-0.3, -0.25) is 9.59 Å². The van der Waals surface area contributed by atoms with Gasteiger partial charge in [0.25, 0.3) is 0 Å². The maximum absolute atomic E-state index is 12.5. The summed E-state index contributed by atoms with van der Waals surface area (Å²) in [4.78, 5) is 36.7. The Labute approximate surface area is 123 Å². The summed E-state index contributed by atoms with van der Waals surface area (Å²) in [6.45, 7) is 3.34. The molecule has 0 saturated carbocycles. The molecule has 0 aromatic heterocycles. The van der Waals surface area contributed by atoms with E-state index in [9.17, 15) is 14.4 Å². The van der Waals surface area contributed by atoms with E-state index in [1.54, 1.807) is 13.8 Å². The SMILES string of the molecule is CC(C)[C@@H](NC(=O)[C@@H](N)CO)C(=O)N1CCC[C@H]1C(=O)O. The Kier molecular flexibility index (Phi) is 6.10. The molecule has 21 heavy (non-hydrogen) atoms. The molecule has 0 aliphatic carbocycles. The Morgan fingerprint density at radius 2 is 2.00 bits per heavy atom. The van der Waals surface area contributed by atoms with Crippen LogP contribution in [0.2, 0.25) is 0 Å². The normalized spacial score (nSPS) is 21.2. The van der Waals surface area contributed by atoms with Gasteiger partial charge in [0.15, 0.2) is 0 Å². The topological polar surface area (TPSA) is 133 Å². The zero-order chi connectivity index (χ0) is 16.2. The molecule has 1 aliphatic heterocycles. The molecule has 0 radical (unpaired) electrons. The fourth-order valence-electron chi connectivity index (χ4n) is 2.32. The number of rotatable bonds is 6. The molecular weight excluding hydrogens is 278 g/mol. The standard InChI is InChI=1S/C13H23N3O5/c1-7(2)10(15-11(18)8(14)6-17)12(19)16-5-3-4-9(16)13(20)21/h7-10,17H,3-6,14H2,1-2H3,(H,15,18)(H,20,21)/t8-,9-,10+/m0/s1. The van der Waals surface area contributed by atoms with Gasteiger partial charge in [-0.1, -0.05) is 13.8 Å². The van der Waals surface area contributed by atoms with Gasteiger partial charge in [-0.15, -0.1) is 0 Å². The summed E-state index contributed by atoms with van der Waals surface area (Å²) in [7, 11) is 0. The van der Waals surface area contributed by atoms with Crippen LogP contribution in [0.15, 0.2) is 0 Å². The molecule has 0 spiro atoms. The maximum Gasteiger partial charge on any atom is 0.326 e. The molecule has 1 aliphatic rings. The summed E-state index contributed by atoms with van der Waals surface area (Å²) in [6.07, 6.45) is 1.04. The first-order valence-electron chi connectivity index (χ1n) is 6.99. The lowest BCUT2D eigenvalue weighted by molar-refractivity contribution is -0.150. The highest BCUT2D eigenvalue weighted by Gasteiger charge is 2.38. The molecule has 3 atom stereocenters. The summed E-state index contributed by atoms with van der Waals surface area (Å²) >= 11 is 0. The Balaban J connectivity index is 2.83. The molecule has 120 valence electrons. The number of carbonyl (C=O) groups is 3. The predicted octanol–water partition coefficient (Wildman–Crippen LogP) is -1.48. The van der Waals surface area contributed by atoms with Crippen LogP contribution in [0, 0.1) is 5.92 Å². The summed E-state index contributed by atoms with van der Waals surface area (Å²) < 4.78 is 0. The number of hydrogen-bond acceptors (Lipinski definition) is 5. The molecule has 1 fully saturated rings. The molecule has 1 saturated heterocycles. The number of carboxylic acids is 1. The number of hydrogen-bond donors (Lipinski definition) is 4. The third kappa shape index (κ3) is 4.15. The molecular formula is C13H23N3O5. The third-order valence-corrected chi connectivity index (χ3v) is 3.58. The smallest absolute Gasteiger partial charge is 0.326 e. The fourth-order valence-corrected chi connectivity index (χ4v) is 2.32.